The Balaban J connectivity index is 1.98. The van der Waals surface area contributed by atoms with Gasteiger partial charge >= 0.3 is 0 Å². The molecule has 3 aromatic carbocycles. The molecule has 0 saturated carbocycles. The average Bonchev–Trinajstić information content (AvgIpc) is 2.79. The summed E-state index contributed by atoms with van der Waals surface area (Å²) < 4.78 is 0. The van der Waals surface area contributed by atoms with Gasteiger partial charge < -0.3 is 10.2 Å². The molecule has 0 aliphatic carbocycles. The number of rotatable bonds is 9. The van der Waals surface area contributed by atoms with Crippen molar-refractivity contribution in [3.8, 4) is 0 Å². The average molecular weight is 497 g/mol. The van der Waals surface area contributed by atoms with E-state index in [1.54, 1.807) is 23.1 Å². The lowest BCUT2D eigenvalue weighted by Crippen LogP contribution is -2.52. The number of amides is 2. The van der Waals surface area contributed by atoms with Crippen molar-refractivity contribution in [2.45, 2.75) is 52.2 Å². The molecule has 0 saturated heterocycles. The van der Waals surface area contributed by atoms with Gasteiger partial charge in [-0.3, -0.25) is 9.59 Å². The summed E-state index contributed by atoms with van der Waals surface area (Å²) in [4.78, 5) is 28.7. The normalized spacial score (nSPS) is 11.8. The van der Waals surface area contributed by atoms with Crippen LogP contribution in [0.15, 0.2) is 72.8 Å². The number of carbonyl (C=O) groups is 2. The summed E-state index contributed by atoms with van der Waals surface area (Å²) in [6, 6.07) is 22.2. The minimum atomic E-state index is -0.666. The maximum Gasteiger partial charge on any atom is 0.243 e. The van der Waals surface area contributed by atoms with Gasteiger partial charge in [-0.1, -0.05) is 89.4 Å². The molecule has 1 N–H and O–H groups in total. The molecule has 0 fully saturated rings. The third-order valence-corrected chi connectivity index (χ3v) is 6.22. The summed E-state index contributed by atoms with van der Waals surface area (Å²) in [5.74, 6) is -0.325. The highest BCUT2D eigenvalue weighted by molar-refractivity contribution is 6.42. The molecule has 0 radical (unpaired) electrons. The Morgan fingerprint density at radius 1 is 0.853 bits per heavy atom. The van der Waals surface area contributed by atoms with Crippen molar-refractivity contribution in [1.82, 2.24) is 10.2 Å². The van der Waals surface area contributed by atoms with E-state index in [0.717, 1.165) is 22.3 Å². The van der Waals surface area contributed by atoms with Crippen LogP contribution in [-0.2, 0) is 29.0 Å². The standard InChI is InChI=1S/C28H30Cl2N2O2/c1-19(2)31-28(34)26(16-21-9-5-4-6-10-21)32(18-23-11-7-8-20(3)14-23)27(33)17-22-12-13-24(29)25(30)15-22/h4-15,19,26H,16-18H2,1-3H3,(H,31,34)/t26-/m1/s1. The first kappa shape index (κ1) is 25.8. The first-order valence-corrected chi connectivity index (χ1v) is 12.1. The molecule has 4 nitrogen and oxygen atoms in total. The Morgan fingerprint density at radius 3 is 2.21 bits per heavy atom. The molecule has 0 aliphatic heterocycles. The second kappa shape index (κ2) is 12.0. The van der Waals surface area contributed by atoms with Crippen LogP contribution >= 0.6 is 23.2 Å². The fraction of sp³-hybridized carbons (Fsp3) is 0.286. The van der Waals surface area contributed by atoms with Crippen molar-refractivity contribution in [3.05, 3.63) is 105 Å². The Morgan fingerprint density at radius 2 is 1.56 bits per heavy atom. The molecule has 0 unspecified atom stereocenters. The van der Waals surface area contributed by atoms with E-state index in [0.29, 0.717) is 23.0 Å². The zero-order chi connectivity index (χ0) is 24.7. The van der Waals surface area contributed by atoms with Crippen LogP contribution < -0.4 is 5.32 Å². The molecule has 0 spiro atoms. The summed E-state index contributed by atoms with van der Waals surface area (Å²) >= 11 is 12.2. The number of halogens is 2. The fourth-order valence-corrected chi connectivity index (χ4v) is 4.19. The molecule has 2 amide bonds. The van der Waals surface area contributed by atoms with Gasteiger partial charge in [0.15, 0.2) is 0 Å². The van der Waals surface area contributed by atoms with E-state index < -0.39 is 6.04 Å². The van der Waals surface area contributed by atoms with Crippen molar-refractivity contribution in [2.24, 2.45) is 0 Å². The fourth-order valence-electron chi connectivity index (χ4n) is 3.87. The van der Waals surface area contributed by atoms with Gasteiger partial charge in [-0.2, -0.15) is 0 Å². The van der Waals surface area contributed by atoms with E-state index in [1.807, 2.05) is 75.4 Å². The van der Waals surface area contributed by atoms with Gasteiger partial charge in [0.1, 0.15) is 6.04 Å². The van der Waals surface area contributed by atoms with Gasteiger partial charge in [0, 0.05) is 19.0 Å². The lowest BCUT2D eigenvalue weighted by molar-refractivity contribution is -0.141. The number of hydrogen-bond acceptors (Lipinski definition) is 2. The number of hydrogen-bond donors (Lipinski definition) is 1. The van der Waals surface area contributed by atoms with Crippen molar-refractivity contribution < 1.29 is 9.59 Å². The van der Waals surface area contributed by atoms with E-state index >= 15 is 0 Å². The van der Waals surface area contributed by atoms with E-state index in [9.17, 15) is 9.59 Å². The van der Waals surface area contributed by atoms with Crippen LogP contribution in [0, 0.1) is 6.92 Å². The number of aryl methyl sites for hydroxylation is 1. The third-order valence-electron chi connectivity index (χ3n) is 5.48. The zero-order valence-corrected chi connectivity index (χ0v) is 21.2. The van der Waals surface area contributed by atoms with Gasteiger partial charge in [-0.15, -0.1) is 0 Å². The molecule has 0 aromatic heterocycles. The topological polar surface area (TPSA) is 49.4 Å². The van der Waals surface area contributed by atoms with E-state index in [4.69, 9.17) is 23.2 Å². The van der Waals surface area contributed by atoms with E-state index in [-0.39, 0.29) is 24.3 Å². The highest BCUT2D eigenvalue weighted by Crippen LogP contribution is 2.24. The van der Waals surface area contributed by atoms with Gasteiger partial charge in [0.25, 0.3) is 0 Å². The summed E-state index contributed by atoms with van der Waals surface area (Å²) in [5, 5.41) is 3.84. The molecule has 0 bridgehead atoms. The Bertz CT molecular complexity index is 1130. The van der Waals surface area contributed by atoms with Crippen LogP contribution in [0.25, 0.3) is 0 Å². The Hall–Kier alpha value is -2.82. The molecule has 34 heavy (non-hydrogen) atoms. The van der Waals surface area contributed by atoms with Crippen LogP contribution in [0.4, 0.5) is 0 Å². The maximum absolute atomic E-state index is 13.7. The molecule has 178 valence electrons. The van der Waals surface area contributed by atoms with Crippen LogP contribution in [0.2, 0.25) is 10.0 Å². The maximum atomic E-state index is 13.7. The Labute approximate surface area is 211 Å². The number of nitrogens with one attached hydrogen (secondary N) is 1. The van der Waals surface area contributed by atoms with Gasteiger partial charge in [-0.25, -0.2) is 0 Å². The predicted molar refractivity (Wildman–Crippen MR) is 139 cm³/mol. The largest absolute Gasteiger partial charge is 0.352 e. The summed E-state index contributed by atoms with van der Waals surface area (Å²) in [6.07, 6.45) is 0.529. The number of carbonyl (C=O) groups excluding carboxylic acids is 2. The van der Waals surface area contributed by atoms with Crippen LogP contribution in [0.1, 0.15) is 36.1 Å². The minimum absolute atomic E-state index is 0.0447. The van der Waals surface area contributed by atoms with Gasteiger partial charge in [0.05, 0.1) is 16.5 Å². The van der Waals surface area contributed by atoms with Crippen molar-refractivity contribution in [2.75, 3.05) is 0 Å². The molecule has 3 aromatic rings. The quantitative estimate of drug-likeness (QED) is 0.394. The van der Waals surface area contributed by atoms with Crippen molar-refractivity contribution in [1.29, 1.82) is 0 Å². The highest BCUT2D eigenvalue weighted by Gasteiger charge is 2.30. The van der Waals surface area contributed by atoms with Gasteiger partial charge in [0.2, 0.25) is 11.8 Å². The lowest BCUT2D eigenvalue weighted by atomic mass is 10.0. The molecule has 6 heteroatoms. The van der Waals surface area contributed by atoms with E-state index in [1.165, 1.54) is 0 Å². The smallest absolute Gasteiger partial charge is 0.243 e. The molecular formula is C28H30Cl2N2O2. The minimum Gasteiger partial charge on any atom is -0.352 e. The zero-order valence-electron chi connectivity index (χ0n) is 19.7. The third kappa shape index (κ3) is 7.34. The molecule has 0 aliphatic rings. The van der Waals surface area contributed by atoms with E-state index in [2.05, 4.69) is 5.32 Å². The highest BCUT2D eigenvalue weighted by atomic mass is 35.5. The molecule has 1 atom stereocenters. The second-order valence-corrected chi connectivity index (χ2v) is 9.62. The van der Waals surface area contributed by atoms with Crippen LogP contribution in [-0.4, -0.2) is 28.8 Å². The van der Waals surface area contributed by atoms with Crippen LogP contribution in [0.5, 0.6) is 0 Å². The number of benzene rings is 3. The van der Waals surface area contributed by atoms with Gasteiger partial charge in [-0.05, 0) is 49.6 Å². The lowest BCUT2D eigenvalue weighted by Gasteiger charge is -2.32. The molecular weight excluding hydrogens is 467 g/mol. The van der Waals surface area contributed by atoms with Crippen molar-refractivity contribution >= 4 is 35.0 Å². The molecule has 3 rings (SSSR count). The summed E-state index contributed by atoms with van der Waals surface area (Å²) in [6.45, 7) is 6.17. The first-order chi connectivity index (χ1) is 16.2. The SMILES string of the molecule is Cc1cccc(CN(C(=O)Cc2ccc(Cl)c(Cl)c2)[C@H](Cc2ccccc2)C(=O)NC(C)C)c1. The number of nitrogens with zero attached hydrogens (tertiary/aromatic N) is 1. The summed E-state index contributed by atoms with van der Waals surface area (Å²) in [5.41, 5.74) is 3.80. The molecule has 0 heterocycles. The summed E-state index contributed by atoms with van der Waals surface area (Å²) in [7, 11) is 0. The first-order valence-electron chi connectivity index (χ1n) is 11.4. The second-order valence-electron chi connectivity index (χ2n) is 8.80. The Kier molecular flexibility index (Phi) is 9.14. The van der Waals surface area contributed by atoms with Crippen molar-refractivity contribution in [3.63, 3.8) is 0 Å². The predicted octanol–water partition coefficient (Wildman–Crippen LogP) is 6.01. The van der Waals surface area contributed by atoms with Crippen LogP contribution in [0.3, 0.4) is 0 Å². The monoisotopic (exact) mass is 496 g/mol.